The molecule has 0 unspecified atom stereocenters. The Labute approximate surface area is 168 Å². The van der Waals surface area contributed by atoms with Crippen LogP contribution in [-0.4, -0.2) is 48.8 Å². The van der Waals surface area contributed by atoms with Crippen molar-refractivity contribution in [1.29, 1.82) is 0 Å². The summed E-state index contributed by atoms with van der Waals surface area (Å²) >= 11 is 0. The summed E-state index contributed by atoms with van der Waals surface area (Å²) in [6, 6.07) is 17.1. The van der Waals surface area contributed by atoms with Crippen LogP contribution in [-0.2, 0) is 4.74 Å². The van der Waals surface area contributed by atoms with Gasteiger partial charge in [-0.05, 0) is 40.6 Å². The van der Waals surface area contributed by atoms with Crippen LogP contribution >= 0.6 is 0 Å². The number of halogens is 1. The van der Waals surface area contributed by atoms with E-state index in [1.54, 1.807) is 24.3 Å². The standard InChI is InChI=1S/C23H23FN2O3/c24-19-7-5-16(6-8-19)21(26-9-11-29-12-10-26)15-25-23(28)20-13-17-3-1-2-4-18(17)14-22(20)27/h1-8,13-14,21,27H,9-12,15H2,(H,25,28)/t21-/m0/s1. The molecule has 1 heterocycles. The fourth-order valence-electron chi connectivity index (χ4n) is 3.73. The SMILES string of the molecule is O=C(NC[C@@H](c1ccc(F)cc1)N1CCOCC1)c1cc2ccccc2cc1O. The highest BCUT2D eigenvalue weighted by Gasteiger charge is 2.24. The van der Waals surface area contributed by atoms with Crippen LogP contribution in [0.3, 0.4) is 0 Å². The zero-order valence-corrected chi connectivity index (χ0v) is 16.0. The second kappa shape index (κ2) is 8.59. The summed E-state index contributed by atoms with van der Waals surface area (Å²) in [5, 5.41) is 15.0. The number of nitrogens with one attached hydrogen (secondary N) is 1. The van der Waals surface area contributed by atoms with Gasteiger partial charge in [-0.2, -0.15) is 0 Å². The Balaban J connectivity index is 1.54. The summed E-state index contributed by atoms with van der Waals surface area (Å²) in [6.07, 6.45) is 0. The molecule has 2 N–H and O–H groups in total. The fourth-order valence-corrected chi connectivity index (χ4v) is 3.73. The summed E-state index contributed by atoms with van der Waals surface area (Å²) in [5.41, 5.74) is 1.17. The van der Waals surface area contributed by atoms with E-state index in [2.05, 4.69) is 10.2 Å². The molecule has 4 rings (SSSR count). The van der Waals surface area contributed by atoms with Gasteiger partial charge < -0.3 is 15.2 Å². The normalized spacial score (nSPS) is 15.9. The first-order valence-corrected chi connectivity index (χ1v) is 9.69. The highest BCUT2D eigenvalue weighted by molar-refractivity contribution is 6.01. The van der Waals surface area contributed by atoms with Crippen molar-refractivity contribution in [2.24, 2.45) is 0 Å². The Morgan fingerprint density at radius 3 is 2.41 bits per heavy atom. The molecule has 1 fully saturated rings. The van der Waals surface area contributed by atoms with Crippen LogP contribution in [0.15, 0.2) is 60.7 Å². The molecule has 150 valence electrons. The summed E-state index contributed by atoms with van der Waals surface area (Å²) in [4.78, 5) is 15.0. The van der Waals surface area contributed by atoms with E-state index in [0.29, 0.717) is 19.8 Å². The third kappa shape index (κ3) is 4.39. The van der Waals surface area contributed by atoms with Crippen LogP contribution in [0.25, 0.3) is 10.8 Å². The molecule has 1 aliphatic heterocycles. The van der Waals surface area contributed by atoms with E-state index in [1.165, 1.54) is 12.1 Å². The molecule has 1 atom stereocenters. The van der Waals surface area contributed by atoms with Gasteiger partial charge in [-0.15, -0.1) is 0 Å². The van der Waals surface area contributed by atoms with Gasteiger partial charge in [0.15, 0.2) is 0 Å². The first-order chi connectivity index (χ1) is 14.1. The molecule has 1 saturated heterocycles. The van der Waals surface area contributed by atoms with Gasteiger partial charge in [0.05, 0.1) is 24.8 Å². The van der Waals surface area contributed by atoms with Gasteiger partial charge in [-0.25, -0.2) is 4.39 Å². The van der Waals surface area contributed by atoms with Crippen LogP contribution in [0, 0.1) is 5.82 Å². The zero-order chi connectivity index (χ0) is 20.2. The zero-order valence-electron chi connectivity index (χ0n) is 16.0. The number of rotatable bonds is 5. The van der Waals surface area contributed by atoms with E-state index in [9.17, 15) is 14.3 Å². The summed E-state index contributed by atoms with van der Waals surface area (Å²) in [5.74, 6) is -0.681. The monoisotopic (exact) mass is 394 g/mol. The molecule has 5 nitrogen and oxygen atoms in total. The number of phenolic OH excluding ortho intramolecular Hbond substituents is 1. The van der Waals surface area contributed by atoms with Crippen molar-refractivity contribution in [2.45, 2.75) is 6.04 Å². The first-order valence-electron chi connectivity index (χ1n) is 9.69. The van der Waals surface area contributed by atoms with Crippen molar-refractivity contribution in [3.63, 3.8) is 0 Å². The number of aromatic hydroxyl groups is 1. The molecular formula is C23H23FN2O3. The van der Waals surface area contributed by atoms with Crippen molar-refractivity contribution in [2.75, 3.05) is 32.8 Å². The molecule has 29 heavy (non-hydrogen) atoms. The quantitative estimate of drug-likeness (QED) is 0.696. The summed E-state index contributed by atoms with van der Waals surface area (Å²) in [7, 11) is 0. The molecule has 0 saturated carbocycles. The molecule has 0 aliphatic carbocycles. The lowest BCUT2D eigenvalue weighted by Gasteiger charge is -2.35. The fraction of sp³-hybridized carbons (Fsp3) is 0.261. The average molecular weight is 394 g/mol. The van der Waals surface area contributed by atoms with Gasteiger partial charge in [0.25, 0.3) is 5.91 Å². The second-order valence-corrected chi connectivity index (χ2v) is 7.14. The topological polar surface area (TPSA) is 61.8 Å². The maximum absolute atomic E-state index is 13.4. The highest BCUT2D eigenvalue weighted by atomic mass is 19.1. The van der Waals surface area contributed by atoms with E-state index in [-0.39, 0.29) is 29.1 Å². The predicted octanol–water partition coefficient (Wildman–Crippen LogP) is 3.49. The van der Waals surface area contributed by atoms with Gasteiger partial charge in [0, 0.05) is 19.6 Å². The summed E-state index contributed by atoms with van der Waals surface area (Å²) in [6.45, 7) is 3.06. The van der Waals surface area contributed by atoms with Crippen molar-refractivity contribution in [1.82, 2.24) is 10.2 Å². The molecule has 0 spiro atoms. The molecule has 3 aromatic rings. The van der Waals surface area contributed by atoms with Crippen LogP contribution in [0.2, 0.25) is 0 Å². The maximum atomic E-state index is 13.4. The van der Waals surface area contributed by atoms with Gasteiger partial charge in [-0.3, -0.25) is 9.69 Å². The van der Waals surface area contributed by atoms with Gasteiger partial charge in [0.1, 0.15) is 11.6 Å². The number of morpholine rings is 1. The first kappa shape index (κ1) is 19.4. The molecule has 3 aromatic carbocycles. The van der Waals surface area contributed by atoms with Crippen LogP contribution < -0.4 is 5.32 Å². The van der Waals surface area contributed by atoms with Crippen molar-refractivity contribution < 1.29 is 19.0 Å². The van der Waals surface area contributed by atoms with E-state index in [1.807, 2.05) is 24.3 Å². The molecule has 0 radical (unpaired) electrons. The Morgan fingerprint density at radius 1 is 1.07 bits per heavy atom. The number of nitrogens with zero attached hydrogens (tertiary/aromatic N) is 1. The van der Waals surface area contributed by atoms with Crippen molar-refractivity contribution in [3.05, 3.63) is 77.6 Å². The number of amides is 1. The maximum Gasteiger partial charge on any atom is 0.255 e. The highest BCUT2D eigenvalue weighted by Crippen LogP contribution is 2.26. The molecule has 1 aliphatic rings. The Morgan fingerprint density at radius 2 is 1.72 bits per heavy atom. The van der Waals surface area contributed by atoms with E-state index < -0.39 is 0 Å². The lowest BCUT2D eigenvalue weighted by atomic mass is 10.0. The molecule has 6 heteroatoms. The number of benzene rings is 3. The van der Waals surface area contributed by atoms with Crippen molar-refractivity contribution in [3.8, 4) is 5.75 Å². The van der Waals surface area contributed by atoms with Crippen LogP contribution in [0.5, 0.6) is 5.75 Å². The van der Waals surface area contributed by atoms with E-state index >= 15 is 0 Å². The van der Waals surface area contributed by atoms with Crippen molar-refractivity contribution >= 4 is 16.7 Å². The minimum Gasteiger partial charge on any atom is -0.507 e. The number of ether oxygens (including phenoxy) is 1. The van der Waals surface area contributed by atoms with Gasteiger partial charge >= 0.3 is 0 Å². The smallest absolute Gasteiger partial charge is 0.255 e. The second-order valence-electron chi connectivity index (χ2n) is 7.14. The van der Waals surface area contributed by atoms with Crippen LogP contribution in [0.1, 0.15) is 22.0 Å². The van der Waals surface area contributed by atoms with Gasteiger partial charge in [0.2, 0.25) is 0 Å². The molecule has 0 bridgehead atoms. The minimum atomic E-state index is -0.339. The number of carbonyl (C=O) groups is 1. The van der Waals surface area contributed by atoms with E-state index in [0.717, 1.165) is 29.4 Å². The van der Waals surface area contributed by atoms with Gasteiger partial charge in [-0.1, -0.05) is 36.4 Å². The number of fused-ring (bicyclic) bond motifs is 1. The summed E-state index contributed by atoms with van der Waals surface area (Å²) < 4.78 is 18.8. The number of phenols is 1. The molecule has 0 aromatic heterocycles. The number of hydrogen-bond donors (Lipinski definition) is 2. The van der Waals surface area contributed by atoms with Crippen LogP contribution in [0.4, 0.5) is 4.39 Å². The Kier molecular flexibility index (Phi) is 5.74. The lowest BCUT2D eigenvalue weighted by Crippen LogP contribution is -2.43. The minimum absolute atomic E-state index is 0.0501. The Bertz CT molecular complexity index is 1000. The largest absolute Gasteiger partial charge is 0.507 e. The number of carbonyl (C=O) groups excluding carboxylic acids is 1. The third-order valence-corrected chi connectivity index (χ3v) is 5.31. The lowest BCUT2D eigenvalue weighted by molar-refractivity contribution is 0.0162. The third-order valence-electron chi connectivity index (χ3n) is 5.31. The molecular weight excluding hydrogens is 371 g/mol. The molecule has 1 amide bonds. The predicted molar refractivity (Wildman–Crippen MR) is 109 cm³/mol. The number of hydrogen-bond acceptors (Lipinski definition) is 4. The average Bonchev–Trinajstić information content (AvgIpc) is 2.75. The Hall–Kier alpha value is -2.96. The van der Waals surface area contributed by atoms with E-state index in [4.69, 9.17) is 4.74 Å².